The van der Waals surface area contributed by atoms with Crippen LogP contribution < -0.4 is 5.32 Å². The summed E-state index contributed by atoms with van der Waals surface area (Å²) in [5, 5.41) is 14.1. The Morgan fingerprint density at radius 3 is 2.50 bits per heavy atom. The second kappa shape index (κ2) is 7.07. The molecule has 0 spiro atoms. The van der Waals surface area contributed by atoms with Crippen molar-refractivity contribution in [1.82, 2.24) is 0 Å². The third kappa shape index (κ3) is 3.95. The minimum Gasteiger partial charge on any atom is -0.384 e. The Morgan fingerprint density at radius 1 is 1.30 bits per heavy atom. The largest absolute Gasteiger partial charge is 0.384 e. The van der Waals surface area contributed by atoms with E-state index in [2.05, 4.69) is 28.2 Å². The highest BCUT2D eigenvalue weighted by Gasteiger charge is 2.20. The van der Waals surface area contributed by atoms with Crippen LogP contribution in [0.2, 0.25) is 0 Å². The van der Waals surface area contributed by atoms with E-state index in [4.69, 9.17) is 0 Å². The van der Waals surface area contributed by atoms with Crippen LogP contribution in [0, 0.1) is 22.0 Å². The average Bonchev–Trinajstić information content (AvgIpc) is 2.46. The molecule has 0 bridgehead atoms. The first-order valence-electron chi connectivity index (χ1n) is 7.28. The van der Waals surface area contributed by atoms with Gasteiger partial charge in [-0.1, -0.05) is 26.2 Å². The van der Waals surface area contributed by atoms with Crippen molar-refractivity contribution in [2.75, 3.05) is 11.9 Å². The zero-order chi connectivity index (χ0) is 14.5. The average molecular weight is 341 g/mol. The summed E-state index contributed by atoms with van der Waals surface area (Å²) in [4.78, 5) is 10.3. The van der Waals surface area contributed by atoms with Gasteiger partial charge in [0.05, 0.1) is 4.92 Å². The second-order valence-corrected chi connectivity index (χ2v) is 6.45. The van der Waals surface area contributed by atoms with E-state index < -0.39 is 0 Å². The zero-order valence-electron chi connectivity index (χ0n) is 11.8. The highest BCUT2D eigenvalue weighted by molar-refractivity contribution is 9.10. The molecule has 1 saturated carbocycles. The van der Waals surface area contributed by atoms with E-state index in [-0.39, 0.29) is 10.6 Å². The molecule has 1 aromatic rings. The molecule has 0 aliphatic heterocycles. The Bertz CT molecular complexity index is 471. The predicted molar refractivity (Wildman–Crippen MR) is 85.0 cm³/mol. The summed E-state index contributed by atoms with van der Waals surface area (Å²) in [6, 6.07) is 4.87. The molecule has 4 nitrogen and oxygen atoms in total. The predicted octanol–water partition coefficient (Wildman–Crippen LogP) is 4.99. The van der Waals surface area contributed by atoms with Gasteiger partial charge in [0.25, 0.3) is 5.69 Å². The van der Waals surface area contributed by atoms with E-state index in [9.17, 15) is 10.1 Å². The van der Waals surface area contributed by atoms with Gasteiger partial charge in [-0.05, 0) is 46.7 Å². The molecule has 0 amide bonds. The SMILES string of the molecule is CCC1CCC(CNc2ccc([N+](=O)[O-])cc2Br)CC1. The number of nitrogens with one attached hydrogen (secondary N) is 1. The first-order valence-corrected chi connectivity index (χ1v) is 8.07. The minimum atomic E-state index is -0.374. The van der Waals surface area contributed by atoms with Crippen molar-refractivity contribution in [3.05, 3.63) is 32.8 Å². The van der Waals surface area contributed by atoms with Crippen molar-refractivity contribution in [2.24, 2.45) is 11.8 Å². The number of nitro groups is 1. The van der Waals surface area contributed by atoms with Crippen molar-refractivity contribution >= 4 is 27.3 Å². The summed E-state index contributed by atoms with van der Waals surface area (Å²) < 4.78 is 0.758. The summed E-state index contributed by atoms with van der Waals surface area (Å²) in [6.45, 7) is 3.23. The Labute approximate surface area is 128 Å². The Hall–Kier alpha value is -1.10. The number of non-ortho nitro benzene ring substituents is 1. The molecule has 1 fully saturated rings. The van der Waals surface area contributed by atoms with E-state index in [0.29, 0.717) is 0 Å². The van der Waals surface area contributed by atoms with Gasteiger partial charge in [0, 0.05) is 28.8 Å². The third-order valence-electron chi connectivity index (χ3n) is 4.29. The fourth-order valence-electron chi connectivity index (χ4n) is 2.86. The van der Waals surface area contributed by atoms with Crippen LogP contribution in [-0.2, 0) is 0 Å². The maximum atomic E-state index is 10.7. The lowest BCUT2D eigenvalue weighted by atomic mass is 9.81. The summed E-state index contributed by atoms with van der Waals surface area (Å²) in [5.41, 5.74) is 1.05. The third-order valence-corrected chi connectivity index (χ3v) is 4.94. The molecule has 5 heteroatoms. The van der Waals surface area contributed by atoms with Crippen LogP contribution in [0.4, 0.5) is 11.4 Å². The Morgan fingerprint density at radius 2 is 1.95 bits per heavy atom. The molecular formula is C15H21BrN2O2. The number of nitrogens with zero attached hydrogens (tertiary/aromatic N) is 1. The van der Waals surface area contributed by atoms with Crippen LogP contribution in [0.5, 0.6) is 0 Å². The molecule has 0 aromatic heterocycles. The molecule has 0 radical (unpaired) electrons. The number of hydrogen-bond donors (Lipinski definition) is 1. The minimum absolute atomic E-state index is 0.117. The smallest absolute Gasteiger partial charge is 0.270 e. The van der Waals surface area contributed by atoms with Gasteiger partial charge in [0.15, 0.2) is 0 Å². The quantitative estimate of drug-likeness (QED) is 0.607. The van der Waals surface area contributed by atoms with Crippen molar-refractivity contribution in [3.8, 4) is 0 Å². The van der Waals surface area contributed by atoms with Crippen LogP contribution in [-0.4, -0.2) is 11.5 Å². The van der Waals surface area contributed by atoms with Crippen LogP contribution in [0.15, 0.2) is 22.7 Å². The highest BCUT2D eigenvalue weighted by atomic mass is 79.9. The van der Waals surface area contributed by atoms with Gasteiger partial charge in [0.1, 0.15) is 0 Å². The molecule has 0 atom stereocenters. The highest BCUT2D eigenvalue weighted by Crippen LogP contribution is 2.32. The topological polar surface area (TPSA) is 55.2 Å². The van der Waals surface area contributed by atoms with E-state index in [0.717, 1.165) is 28.5 Å². The van der Waals surface area contributed by atoms with Crippen LogP contribution in [0.25, 0.3) is 0 Å². The molecule has 1 N–H and O–H groups in total. The molecule has 0 unspecified atom stereocenters. The molecule has 110 valence electrons. The first-order chi connectivity index (χ1) is 9.60. The number of hydrogen-bond acceptors (Lipinski definition) is 3. The number of rotatable bonds is 5. The fourth-order valence-corrected chi connectivity index (χ4v) is 3.37. The monoisotopic (exact) mass is 340 g/mol. The van der Waals surface area contributed by atoms with E-state index in [1.54, 1.807) is 18.2 Å². The first kappa shape index (κ1) is 15.3. The maximum absolute atomic E-state index is 10.7. The normalized spacial score (nSPS) is 22.5. The van der Waals surface area contributed by atoms with Gasteiger partial charge in [0.2, 0.25) is 0 Å². The number of halogens is 1. The lowest BCUT2D eigenvalue weighted by Gasteiger charge is -2.28. The molecule has 1 aliphatic rings. The van der Waals surface area contributed by atoms with Gasteiger partial charge >= 0.3 is 0 Å². The summed E-state index contributed by atoms with van der Waals surface area (Å²) in [7, 11) is 0. The van der Waals surface area contributed by atoms with Gasteiger partial charge in [-0.25, -0.2) is 0 Å². The summed E-state index contributed by atoms with van der Waals surface area (Å²) >= 11 is 3.39. The number of benzene rings is 1. The number of nitro benzene ring substituents is 1. The molecule has 0 saturated heterocycles. The molecule has 20 heavy (non-hydrogen) atoms. The van der Waals surface area contributed by atoms with Crippen molar-refractivity contribution in [1.29, 1.82) is 0 Å². The molecule has 0 heterocycles. The lowest BCUT2D eigenvalue weighted by Crippen LogP contribution is -2.21. The summed E-state index contributed by atoms with van der Waals surface area (Å²) in [6.07, 6.45) is 6.55. The van der Waals surface area contributed by atoms with Gasteiger partial charge < -0.3 is 5.32 Å². The molecule has 1 aliphatic carbocycles. The van der Waals surface area contributed by atoms with E-state index >= 15 is 0 Å². The second-order valence-electron chi connectivity index (χ2n) is 5.60. The Kier molecular flexibility index (Phi) is 5.40. The Balaban J connectivity index is 1.87. The van der Waals surface area contributed by atoms with Gasteiger partial charge in [-0.3, -0.25) is 10.1 Å². The van der Waals surface area contributed by atoms with Gasteiger partial charge in [-0.2, -0.15) is 0 Å². The molecule has 2 rings (SSSR count). The molecule has 1 aromatic carbocycles. The van der Waals surface area contributed by atoms with Crippen molar-refractivity contribution in [3.63, 3.8) is 0 Å². The van der Waals surface area contributed by atoms with E-state index in [1.807, 2.05) is 0 Å². The van der Waals surface area contributed by atoms with E-state index in [1.165, 1.54) is 32.1 Å². The van der Waals surface area contributed by atoms with Crippen LogP contribution in [0.1, 0.15) is 39.0 Å². The fraction of sp³-hybridized carbons (Fsp3) is 0.600. The van der Waals surface area contributed by atoms with Crippen molar-refractivity contribution in [2.45, 2.75) is 39.0 Å². The van der Waals surface area contributed by atoms with Crippen molar-refractivity contribution < 1.29 is 4.92 Å². The maximum Gasteiger partial charge on any atom is 0.270 e. The van der Waals surface area contributed by atoms with Crippen LogP contribution in [0.3, 0.4) is 0 Å². The summed E-state index contributed by atoms with van der Waals surface area (Å²) in [5.74, 6) is 1.64. The standard InChI is InChI=1S/C15H21BrN2O2/c1-2-11-3-5-12(6-4-11)10-17-15-8-7-13(18(19)20)9-14(15)16/h7-9,11-12,17H,2-6,10H2,1H3. The zero-order valence-corrected chi connectivity index (χ0v) is 13.4. The van der Waals surface area contributed by atoms with Crippen LogP contribution >= 0.6 is 15.9 Å². The lowest BCUT2D eigenvalue weighted by molar-refractivity contribution is -0.384. The molecular weight excluding hydrogens is 320 g/mol. The van der Waals surface area contributed by atoms with Gasteiger partial charge in [-0.15, -0.1) is 0 Å². The number of anilines is 1.